The largest absolute Gasteiger partial charge is 0.495 e. The lowest BCUT2D eigenvalue weighted by atomic mass is 10.1. The summed E-state index contributed by atoms with van der Waals surface area (Å²) in [5, 5.41) is 3.17. The van der Waals surface area contributed by atoms with Crippen molar-refractivity contribution in [3.8, 4) is 5.75 Å². The van der Waals surface area contributed by atoms with Crippen molar-refractivity contribution in [1.82, 2.24) is 9.71 Å². The van der Waals surface area contributed by atoms with E-state index in [0.29, 0.717) is 5.13 Å². The van der Waals surface area contributed by atoms with E-state index in [9.17, 15) is 13.2 Å². The van der Waals surface area contributed by atoms with E-state index in [0.717, 1.165) is 10.2 Å². The number of para-hydroxylation sites is 1. The SMILES string of the molecule is COc1ccc(C(=O)Nc2nc3ccccc3s2)cc1S(=O)(=O)NC(C)(C)C. The average molecular weight is 420 g/mol. The highest BCUT2D eigenvalue weighted by atomic mass is 32.2. The Morgan fingerprint density at radius 2 is 1.86 bits per heavy atom. The quantitative estimate of drug-likeness (QED) is 0.658. The maximum Gasteiger partial charge on any atom is 0.257 e. The lowest BCUT2D eigenvalue weighted by Gasteiger charge is -2.21. The summed E-state index contributed by atoms with van der Waals surface area (Å²) in [7, 11) is -2.50. The molecule has 0 saturated heterocycles. The zero-order valence-corrected chi connectivity index (χ0v) is 17.6. The van der Waals surface area contributed by atoms with Gasteiger partial charge in [0.25, 0.3) is 5.91 Å². The van der Waals surface area contributed by atoms with Gasteiger partial charge in [-0.15, -0.1) is 0 Å². The monoisotopic (exact) mass is 419 g/mol. The van der Waals surface area contributed by atoms with E-state index in [1.165, 1.54) is 36.6 Å². The van der Waals surface area contributed by atoms with Gasteiger partial charge in [-0.05, 0) is 51.1 Å². The van der Waals surface area contributed by atoms with Gasteiger partial charge in [-0.1, -0.05) is 23.5 Å². The second-order valence-corrected chi connectivity index (χ2v) is 9.84. The van der Waals surface area contributed by atoms with Crippen molar-refractivity contribution < 1.29 is 17.9 Å². The molecule has 3 aromatic rings. The van der Waals surface area contributed by atoms with Crippen molar-refractivity contribution in [2.24, 2.45) is 0 Å². The van der Waals surface area contributed by atoms with Gasteiger partial charge in [0, 0.05) is 11.1 Å². The normalized spacial score (nSPS) is 12.1. The number of aromatic nitrogens is 1. The van der Waals surface area contributed by atoms with Crippen LogP contribution in [0.5, 0.6) is 5.75 Å². The van der Waals surface area contributed by atoms with E-state index in [2.05, 4.69) is 15.0 Å². The van der Waals surface area contributed by atoms with Gasteiger partial charge in [-0.3, -0.25) is 10.1 Å². The van der Waals surface area contributed by atoms with Gasteiger partial charge >= 0.3 is 0 Å². The molecule has 7 nitrogen and oxygen atoms in total. The van der Waals surface area contributed by atoms with E-state index >= 15 is 0 Å². The zero-order valence-electron chi connectivity index (χ0n) is 15.9. The van der Waals surface area contributed by atoms with Crippen molar-refractivity contribution in [3.05, 3.63) is 48.0 Å². The summed E-state index contributed by atoms with van der Waals surface area (Å²) in [5.41, 5.74) is 0.299. The number of benzene rings is 2. The highest BCUT2D eigenvalue weighted by Crippen LogP contribution is 2.28. The minimum absolute atomic E-state index is 0.0955. The maximum atomic E-state index is 12.7. The second-order valence-electron chi connectivity index (χ2n) is 7.16. The molecule has 0 saturated carbocycles. The average Bonchev–Trinajstić information content (AvgIpc) is 3.01. The first-order valence-corrected chi connectivity index (χ1v) is 10.8. The summed E-state index contributed by atoms with van der Waals surface area (Å²) in [6, 6.07) is 11.8. The molecule has 0 radical (unpaired) electrons. The summed E-state index contributed by atoms with van der Waals surface area (Å²) in [4.78, 5) is 16.9. The minimum Gasteiger partial charge on any atom is -0.495 e. The number of ether oxygens (including phenoxy) is 1. The molecule has 0 aliphatic heterocycles. The first kappa shape index (κ1) is 20.2. The fourth-order valence-corrected chi connectivity index (χ4v) is 5.06. The van der Waals surface area contributed by atoms with Gasteiger partial charge in [0.1, 0.15) is 10.6 Å². The minimum atomic E-state index is -3.88. The van der Waals surface area contributed by atoms with Crippen molar-refractivity contribution in [1.29, 1.82) is 0 Å². The lowest BCUT2D eigenvalue weighted by molar-refractivity contribution is 0.102. The number of carbonyl (C=O) groups is 1. The molecule has 0 spiro atoms. The van der Waals surface area contributed by atoms with Crippen molar-refractivity contribution in [2.45, 2.75) is 31.2 Å². The van der Waals surface area contributed by atoms with E-state index in [1.54, 1.807) is 20.8 Å². The summed E-state index contributed by atoms with van der Waals surface area (Å²) >= 11 is 1.35. The topological polar surface area (TPSA) is 97.4 Å². The molecule has 1 aromatic heterocycles. The number of sulfonamides is 1. The predicted molar refractivity (Wildman–Crippen MR) is 111 cm³/mol. The molecule has 0 atom stereocenters. The molecule has 0 bridgehead atoms. The number of nitrogens with one attached hydrogen (secondary N) is 2. The number of carbonyl (C=O) groups excluding carboxylic acids is 1. The summed E-state index contributed by atoms with van der Waals surface area (Å²) in [6.07, 6.45) is 0. The van der Waals surface area contributed by atoms with Crippen molar-refractivity contribution in [2.75, 3.05) is 12.4 Å². The number of hydrogen-bond acceptors (Lipinski definition) is 6. The molecule has 3 rings (SSSR count). The van der Waals surface area contributed by atoms with Gasteiger partial charge in [0.05, 0.1) is 17.3 Å². The number of amides is 1. The molecule has 2 N–H and O–H groups in total. The Balaban J connectivity index is 1.92. The molecular weight excluding hydrogens is 398 g/mol. The number of thiazole rings is 1. The van der Waals surface area contributed by atoms with Crippen LogP contribution in [-0.4, -0.2) is 32.0 Å². The maximum absolute atomic E-state index is 12.7. The number of nitrogens with zero attached hydrogens (tertiary/aromatic N) is 1. The van der Waals surface area contributed by atoms with Gasteiger partial charge in [0.15, 0.2) is 5.13 Å². The second kappa shape index (κ2) is 7.50. The molecule has 0 aliphatic carbocycles. The van der Waals surface area contributed by atoms with Crippen LogP contribution in [0, 0.1) is 0 Å². The highest BCUT2D eigenvalue weighted by molar-refractivity contribution is 7.89. The van der Waals surface area contributed by atoms with Crippen LogP contribution < -0.4 is 14.8 Å². The van der Waals surface area contributed by atoms with Crippen LogP contribution in [0.1, 0.15) is 31.1 Å². The molecule has 0 fully saturated rings. The molecule has 0 unspecified atom stereocenters. The summed E-state index contributed by atoms with van der Waals surface area (Å²) in [5.74, 6) is -0.290. The van der Waals surface area contributed by atoms with Crippen LogP contribution in [0.3, 0.4) is 0 Å². The highest BCUT2D eigenvalue weighted by Gasteiger charge is 2.26. The first-order chi connectivity index (χ1) is 13.1. The summed E-state index contributed by atoms with van der Waals surface area (Å²) in [6.45, 7) is 5.21. The smallest absolute Gasteiger partial charge is 0.257 e. The molecular formula is C19H21N3O4S2. The third-order valence-electron chi connectivity index (χ3n) is 3.67. The third-order valence-corrected chi connectivity index (χ3v) is 6.40. The van der Waals surface area contributed by atoms with Crippen LogP contribution in [0.4, 0.5) is 5.13 Å². The molecule has 0 aliphatic rings. The van der Waals surface area contributed by atoms with Gasteiger partial charge in [-0.25, -0.2) is 18.1 Å². The Morgan fingerprint density at radius 3 is 2.50 bits per heavy atom. The van der Waals surface area contributed by atoms with Crippen molar-refractivity contribution >= 4 is 42.6 Å². The summed E-state index contributed by atoms with van der Waals surface area (Å²) < 4.78 is 34.2. The Morgan fingerprint density at radius 1 is 1.14 bits per heavy atom. The van der Waals surface area contributed by atoms with E-state index < -0.39 is 21.5 Å². The molecule has 1 amide bonds. The van der Waals surface area contributed by atoms with Crippen LogP contribution in [-0.2, 0) is 10.0 Å². The Labute approximate surface area is 167 Å². The fraction of sp³-hybridized carbons (Fsp3) is 0.263. The number of rotatable bonds is 5. The third kappa shape index (κ3) is 4.49. The number of methoxy groups -OCH3 is 1. The molecule has 148 valence electrons. The van der Waals surface area contributed by atoms with E-state index in [-0.39, 0.29) is 16.2 Å². The van der Waals surface area contributed by atoms with Crippen LogP contribution >= 0.6 is 11.3 Å². The van der Waals surface area contributed by atoms with Crippen LogP contribution in [0.15, 0.2) is 47.4 Å². The van der Waals surface area contributed by atoms with Gasteiger partial charge in [0.2, 0.25) is 10.0 Å². The Hall–Kier alpha value is -2.49. The van der Waals surface area contributed by atoms with E-state index in [4.69, 9.17) is 4.74 Å². The molecule has 9 heteroatoms. The van der Waals surface area contributed by atoms with Crippen LogP contribution in [0.2, 0.25) is 0 Å². The zero-order chi connectivity index (χ0) is 20.5. The van der Waals surface area contributed by atoms with Crippen LogP contribution in [0.25, 0.3) is 10.2 Å². The Kier molecular flexibility index (Phi) is 5.42. The number of hydrogen-bond donors (Lipinski definition) is 2. The molecule has 1 heterocycles. The predicted octanol–water partition coefficient (Wildman–Crippen LogP) is 3.63. The van der Waals surface area contributed by atoms with Gasteiger partial charge < -0.3 is 4.74 Å². The van der Waals surface area contributed by atoms with Gasteiger partial charge in [-0.2, -0.15) is 0 Å². The van der Waals surface area contributed by atoms with Crippen molar-refractivity contribution in [3.63, 3.8) is 0 Å². The fourth-order valence-electron chi connectivity index (χ4n) is 2.58. The first-order valence-electron chi connectivity index (χ1n) is 8.48. The lowest BCUT2D eigenvalue weighted by Crippen LogP contribution is -2.40. The van der Waals surface area contributed by atoms with E-state index in [1.807, 2.05) is 24.3 Å². The molecule has 2 aromatic carbocycles. The number of fused-ring (bicyclic) bond motifs is 1. The standard InChI is InChI=1S/C19H21N3O4S2/c1-19(2,3)22-28(24,25)16-11-12(9-10-14(16)26-4)17(23)21-18-20-13-7-5-6-8-15(13)27-18/h5-11,22H,1-4H3,(H,20,21,23). The Bertz CT molecular complexity index is 1100. The molecule has 28 heavy (non-hydrogen) atoms. The number of anilines is 1.